The summed E-state index contributed by atoms with van der Waals surface area (Å²) in [7, 11) is 1.62. The molecule has 6 nitrogen and oxygen atoms in total. The quantitative estimate of drug-likeness (QED) is 0.670. The lowest BCUT2D eigenvalue weighted by Crippen LogP contribution is -2.55. The SMILES string of the molecule is COc1ccc(C(=O)NC(C)(CNC(=O)OC(C)(C)C)C2CC2)cc1-c1ccccc1. The van der Waals surface area contributed by atoms with Crippen LogP contribution in [0.15, 0.2) is 48.5 Å². The highest BCUT2D eigenvalue weighted by Crippen LogP contribution is 2.39. The highest BCUT2D eigenvalue weighted by Gasteiger charge is 2.43. The van der Waals surface area contributed by atoms with E-state index in [2.05, 4.69) is 10.6 Å². The Morgan fingerprint density at radius 2 is 1.71 bits per heavy atom. The Labute approximate surface area is 184 Å². The van der Waals surface area contributed by atoms with Gasteiger partial charge in [-0.3, -0.25) is 4.79 Å². The van der Waals surface area contributed by atoms with Gasteiger partial charge >= 0.3 is 6.09 Å². The van der Waals surface area contributed by atoms with Crippen LogP contribution in [-0.4, -0.2) is 36.8 Å². The molecule has 31 heavy (non-hydrogen) atoms. The first-order valence-corrected chi connectivity index (χ1v) is 10.6. The maximum atomic E-state index is 13.2. The molecule has 2 N–H and O–H groups in total. The van der Waals surface area contributed by atoms with E-state index >= 15 is 0 Å². The molecule has 1 aliphatic rings. The molecule has 6 heteroatoms. The molecular weight excluding hydrogens is 392 g/mol. The maximum Gasteiger partial charge on any atom is 0.407 e. The number of methoxy groups -OCH3 is 1. The predicted octanol–water partition coefficient (Wildman–Crippen LogP) is 4.79. The van der Waals surface area contributed by atoms with Crippen LogP contribution in [0.2, 0.25) is 0 Å². The Balaban J connectivity index is 1.76. The largest absolute Gasteiger partial charge is 0.496 e. The van der Waals surface area contributed by atoms with E-state index in [-0.39, 0.29) is 5.91 Å². The van der Waals surface area contributed by atoms with E-state index in [1.54, 1.807) is 13.2 Å². The first-order valence-electron chi connectivity index (χ1n) is 10.6. The standard InChI is InChI=1S/C25H32N2O4/c1-24(2,3)31-23(29)26-16-25(4,19-12-13-19)27-22(28)18-11-14-21(30-5)20(15-18)17-9-7-6-8-10-17/h6-11,14-15,19H,12-13,16H2,1-5H3,(H,26,29)(H,27,28). The summed E-state index contributed by atoms with van der Waals surface area (Å²) < 4.78 is 10.8. The molecule has 2 aromatic carbocycles. The fourth-order valence-electron chi connectivity index (χ4n) is 3.61. The number of rotatable bonds is 7. The van der Waals surface area contributed by atoms with Crippen LogP contribution in [0.3, 0.4) is 0 Å². The van der Waals surface area contributed by atoms with E-state index in [9.17, 15) is 9.59 Å². The van der Waals surface area contributed by atoms with Crippen molar-refractivity contribution in [2.45, 2.75) is 51.7 Å². The molecule has 2 amide bonds. The third-order valence-electron chi connectivity index (χ3n) is 5.42. The van der Waals surface area contributed by atoms with Gasteiger partial charge in [0, 0.05) is 17.7 Å². The van der Waals surface area contributed by atoms with Gasteiger partial charge in [-0.2, -0.15) is 0 Å². The van der Waals surface area contributed by atoms with Gasteiger partial charge in [0.2, 0.25) is 0 Å². The van der Waals surface area contributed by atoms with Crippen LogP contribution in [0.1, 0.15) is 50.9 Å². The number of ether oxygens (including phenoxy) is 2. The normalized spacial score (nSPS) is 15.5. The average Bonchev–Trinajstić information content (AvgIpc) is 3.57. The average molecular weight is 425 g/mol. The number of hydrogen-bond donors (Lipinski definition) is 2. The molecule has 0 heterocycles. The van der Waals surface area contributed by atoms with Crippen LogP contribution in [-0.2, 0) is 4.74 Å². The van der Waals surface area contributed by atoms with Crippen molar-refractivity contribution in [1.82, 2.24) is 10.6 Å². The topological polar surface area (TPSA) is 76.7 Å². The van der Waals surface area contributed by atoms with Gasteiger partial charge in [0.25, 0.3) is 5.91 Å². The molecule has 1 atom stereocenters. The van der Waals surface area contributed by atoms with E-state index in [1.807, 2.05) is 70.2 Å². The van der Waals surface area contributed by atoms with E-state index in [0.717, 1.165) is 24.0 Å². The molecule has 1 aliphatic carbocycles. The van der Waals surface area contributed by atoms with Crippen LogP contribution in [0.4, 0.5) is 4.79 Å². The Bertz CT molecular complexity index is 932. The van der Waals surface area contributed by atoms with Gasteiger partial charge in [-0.1, -0.05) is 30.3 Å². The Kier molecular flexibility index (Phi) is 6.58. The second-order valence-corrected chi connectivity index (χ2v) is 9.28. The Morgan fingerprint density at radius 3 is 2.29 bits per heavy atom. The molecule has 0 saturated heterocycles. The molecule has 1 saturated carbocycles. The summed E-state index contributed by atoms with van der Waals surface area (Å²) in [6.45, 7) is 7.74. The summed E-state index contributed by atoms with van der Waals surface area (Å²) in [6, 6.07) is 15.2. The minimum Gasteiger partial charge on any atom is -0.496 e. The number of nitrogens with one attached hydrogen (secondary N) is 2. The molecule has 1 fully saturated rings. The van der Waals surface area contributed by atoms with E-state index in [0.29, 0.717) is 23.8 Å². The predicted molar refractivity (Wildman–Crippen MR) is 121 cm³/mol. The number of alkyl carbamates (subject to hydrolysis) is 1. The second-order valence-electron chi connectivity index (χ2n) is 9.28. The summed E-state index contributed by atoms with van der Waals surface area (Å²) in [5.74, 6) is 0.845. The highest BCUT2D eigenvalue weighted by atomic mass is 16.6. The lowest BCUT2D eigenvalue weighted by atomic mass is 9.94. The zero-order chi connectivity index (χ0) is 22.6. The van der Waals surface area contributed by atoms with Crippen molar-refractivity contribution in [3.63, 3.8) is 0 Å². The number of amides is 2. The summed E-state index contributed by atoms with van der Waals surface area (Å²) in [6.07, 6.45) is 1.56. The van der Waals surface area contributed by atoms with Crippen LogP contribution in [0.25, 0.3) is 11.1 Å². The maximum absolute atomic E-state index is 13.2. The number of benzene rings is 2. The second kappa shape index (κ2) is 9.00. The first kappa shape index (κ1) is 22.7. The third-order valence-corrected chi connectivity index (χ3v) is 5.42. The summed E-state index contributed by atoms with van der Waals surface area (Å²) in [5.41, 5.74) is 1.26. The van der Waals surface area contributed by atoms with Gasteiger partial charge in [0.05, 0.1) is 12.6 Å². The molecule has 1 unspecified atom stereocenters. The Hall–Kier alpha value is -3.02. The van der Waals surface area contributed by atoms with Crippen LogP contribution in [0.5, 0.6) is 5.75 Å². The van der Waals surface area contributed by atoms with E-state index in [4.69, 9.17) is 9.47 Å². The monoisotopic (exact) mass is 424 g/mol. The van der Waals surface area contributed by atoms with E-state index < -0.39 is 17.2 Å². The van der Waals surface area contributed by atoms with Crippen molar-refractivity contribution in [1.29, 1.82) is 0 Å². The lowest BCUT2D eigenvalue weighted by molar-refractivity contribution is 0.0502. The molecule has 3 rings (SSSR count). The molecule has 0 bridgehead atoms. The van der Waals surface area contributed by atoms with Crippen LogP contribution < -0.4 is 15.4 Å². The minimum absolute atomic E-state index is 0.180. The lowest BCUT2D eigenvalue weighted by Gasteiger charge is -2.32. The van der Waals surface area contributed by atoms with Crippen LogP contribution >= 0.6 is 0 Å². The molecule has 2 aromatic rings. The van der Waals surface area contributed by atoms with Gasteiger partial charge < -0.3 is 20.1 Å². The van der Waals surface area contributed by atoms with Crippen molar-refractivity contribution in [2.75, 3.05) is 13.7 Å². The number of hydrogen-bond acceptors (Lipinski definition) is 4. The highest BCUT2D eigenvalue weighted by molar-refractivity contribution is 5.96. The van der Waals surface area contributed by atoms with Gasteiger partial charge in [0.1, 0.15) is 11.4 Å². The minimum atomic E-state index is -0.569. The van der Waals surface area contributed by atoms with E-state index in [1.165, 1.54) is 0 Å². The smallest absolute Gasteiger partial charge is 0.407 e. The number of carbonyl (C=O) groups excluding carboxylic acids is 2. The van der Waals surface area contributed by atoms with Gasteiger partial charge in [-0.15, -0.1) is 0 Å². The van der Waals surface area contributed by atoms with Crippen molar-refractivity contribution in [2.24, 2.45) is 5.92 Å². The Morgan fingerprint density at radius 1 is 1.03 bits per heavy atom. The molecule has 166 valence electrons. The van der Waals surface area contributed by atoms with Crippen molar-refractivity contribution in [3.05, 3.63) is 54.1 Å². The van der Waals surface area contributed by atoms with Crippen molar-refractivity contribution >= 4 is 12.0 Å². The zero-order valence-corrected chi connectivity index (χ0v) is 19.0. The third kappa shape index (κ3) is 6.00. The molecule has 0 radical (unpaired) electrons. The van der Waals surface area contributed by atoms with Gasteiger partial charge in [-0.05, 0) is 70.2 Å². The molecular formula is C25H32N2O4. The molecule has 0 aromatic heterocycles. The number of carbonyl (C=O) groups is 2. The van der Waals surface area contributed by atoms with Crippen molar-refractivity contribution in [3.8, 4) is 16.9 Å². The van der Waals surface area contributed by atoms with Gasteiger partial charge in [-0.25, -0.2) is 4.79 Å². The van der Waals surface area contributed by atoms with Crippen LogP contribution in [0, 0.1) is 5.92 Å². The van der Waals surface area contributed by atoms with Crippen molar-refractivity contribution < 1.29 is 19.1 Å². The fraction of sp³-hybridized carbons (Fsp3) is 0.440. The summed E-state index contributed by atoms with van der Waals surface area (Å²) >= 11 is 0. The summed E-state index contributed by atoms with van der Waals surface area (Å²) in [4.78, 5) is 25.3. The molecule has 0 spiro atoms. The van der Waals surface area contributed by atoms with Gasteiger partial charge in [0.15, 0.2) is 0 Å². The fourth-order valence-corrected chi connectivity index (χ4v) is 3.61. The summed E-state index contributed by atoms with van der Waals surface area (Å²) in [5, 5.41) is 5.97. The first-order chi connectivity index (χ1) is 14.6. The molecule has 0 aliphatic heterocycles. The zero-order valence-electron chi connectivity index (χ0n) is 19.0.